The van der Waals surface area contributed by atoms with E-state index < -0.39 is 17.7 Å². The lowest BCUT2D eigenvalue weighted by Crippen LogP contribution is -2.04. The first-order chi connectivity index (χ1) is 8.97. The molecular formula is C14H11F2NO2. The van der Waals surface area contributed by atoms with Gasteiger partial charge in [-0.1, -0.05) is 17.7 Å². The van der Waals surface area contributed by atoms with Crippen LogP contribution in [-0.4, -0.2) is 16.1 Å². The number of carbonyl (C=O) groups is 1. The van der Waals surface area contributed by atoms with Crippen molar-refractivity contribution in [3.05, 3.63) is 64.5 Å². The summed E-state index contributed by atoms with van der Waals surface area (Å²) in [6.07, 6.45) is 1.38. The summed E-state index contributed by atoms with van der Waals surface area (Å²) in [5.74, 6) is -3.25. The molecule has 0 saturated heterocycles. The third-order valence-electron chi connectivity index (χ3n) is 2.74. The van der Waals surface area contributed by atoms with Crippen molar-refractivity contribution in [3.63, 3.8) is 0 Å². The van der Waals surface area contributed by atoms with Crippen LogP contribution >= 0.6 is 0 Å². The lowest BCUT2D eigenvalue weighted by molar-refractivity contribution is 0.0695. The van der Waals surface area contributed by atoms with Gasteiger partial charge in [-0.2, -0.15) is 4.39 Å². The molecule has 3 nitrogen and oxygen atoms in total. The zero-order valence-electron chi connectivity index (χ0n) is 10.2. The van der Waals surface area contributed by atoms with E-state index in [4.69, 9.17) is 5.11 Å². The van der Waals surface area contributed by atoms with E-state index in [0.29, 0.717) is 11.1 Å². The Balaban J connectivity index is 2.37. The van der Waals surface area contributed by atoms with Crippen molar-refractivity contribution < 1.29 is 18.7 Å². The van der Waals surface area contributed by atoms with Crippen LogP contribution in [0.25, 0.3) is 0 Å². The van der Waals surface area contributed by atoms with Gasteiger partial charge in [0.1, 0.15) is 0 Å². The van der Waals surface area contributed by atoms with E-state index in [0.717, 1.165) is 11.6 Å². The van der Waals surface area contributed by atoms with Gasteiger partial charge in [-0.3, -0.25) is 0 Å². The molecule has 1 heterocycles. The number of hydrogen-bond donors (Lipinski definition) is 1. The number of nitrogens with zero attached hydrogens (tertiary/aromatic N) is 1. The van der Waals surface area contributed by atoms with Crippen LogP contribution in [0.15, 0.2) is 30.5 Å². The molecule has 2 rings (SSSR count). The number of carboxylic acid groups (broad SMARTS) is 1. The van der Waals surface area contributed by atoms with Gasteiger partial charge in [0.2, 0.25) is 5.95 Å². The fourth-order valence-corrected chi connectivity index (χ4v) is 1.82. The number of halogens is 2. The Morgan fingerprint density at radius 1 is 1.32 bits per heavy atom. The molecule has 5 heteroatoms. The zero-order chi connectivity index (χ0) is 14.0. The molecule has 1 aromatic carbocycles. The average molecular weight is 263 g/mol. The number of aryl methyl sites for hydroxylation is 1. The van der Waals surface area contributed by atoms with Gasteiger partial charge in [0.25, 0.3) is 0 Å². The van der Waals surface area contributed by atoms with E-state index in [9.17, 15) is 13.6 Å². The Bertz CT molecular complexity index is 641. The highest BCUT2D eigenvalue weighted by molar-refractivity contribution is 5.89. The molecule has 0 aliphatic carbocycles. The molecule has 2 aromatic rings. The maximum absolute atomic E-state index is 13.1. The molecule has 0 spiro atoms. The molecule has 0 atom stereocenters. The van der Waals surface area contributed by atoms with E-state index in [2.05, 4.69) is 4.98 Å². The molecule has 0 bridgehead atoms. The number of rotatable bonds is 3. The molecule has 0 unspecified atom stereocenters. The zero-order valence-corrected chi connectivity index (χ0v) is 10.2. The maximum Gasteiger partial charge on any atom is 0.335 e. The first-order valence-corrected chi connectivity index (χ1v) is 5.60. The smallest absolute Gasteiger partial charge is 0.335 e. The molecule has 0 amide bonds. The van der Waals surface area contributed by atoms with Crippen LogP contribution in [0.2, 0.25) is 0 Å². The quantitative estimate of drug-likeness (QED) is 0.866. The van der Waals surface area contributed by atoms with E-state index >= 15 is 0 Å². The summed E-state index contributed by atoms with van der Waals surface area (Å²) in [4.78, 5) is 14.4. The van der Waals surface area contributed by atoms with Gasteiger partial charge in [-0.15, -0.1) is 0 Å². The normalized spacial score (nSPS) is 10.5. The number of aromatic nitrogens is 1. The topological polar surface area (TPSA) is 50.2 Å². The van der Waals surface area contributed by atoms with Gasteiger partial charge in [0.15, 0.2) is 5.82 Å². The van der Waals surface area contributed by atoms with Crippen LogP contribution in [-0.2, 0) is 6.42 Å². The fourth-order valence-electron chi connectivity index (χ4n) is 1.82. The van der Waals surface area contributed by atoms with E-state index in [1.165, 1.54) is 6.20 Å². The van der Waals surface area contributed by atoms with Crippen LogP contribution in [0.5, 0.6) is 0 Å². The highest BCUT2D eigenvalue weighted by atomic mass is 19.2. The highest BCUT2D eigenvalue weighted by Gasteiger charge is 2.12. The minimum Gasteiger partial charge on any atom is -0.478 e. The third kappa shape index (κ3) is 2.93. The van der Waals surface area contributed by atoms with Crippen molar-refractivity contribution in [1.82, 2.24) is 4.98 Å². The lowest BCUT2D eigenvalue weighted by atomic mass is 9.99. The van der Waals surface area contributed by atoms with Gasteiger partial charge < -0.3 is 5.11 Å². The summed E-state index contributed by atoms with van der Waals surface area (Å²) in [6, 6.07) is 6.01. The van der Waals surface area contributed by atoms with Crippen LogP contribution in [0, 0.1) is 18.7 Å². The summed E-state index contributed by atoms with van der Waals surface area (Å²) in [5.41, 5.74) is 1.94. The number of carboxylic acids is 1. The SMILES string of the molecule is Cc1ccc(Cc2cnc(F)c(F)c2)c(C(=O)O)c1. The Hall–Kier alpha value is -2.30. The Labute approximate surface area is 108 Å². The molecule has 0 fully saturated rings. The van der Waals surface area contributed by atoms with Crippen molar-refractivity contribution in [2.75, 3.05) is 0 Å². The summed E-state index contributed by atoms with van der Waals surface area (Å²) in [5, 5.41) is 9.12. The Kier molecular flexibility index (Phi) is 3.55. The number of pyridine rings is 1. The second kappa shape index (κ2) is 5.14. The van der Waals surface area contributed by atoms with Crippen LogP contribution in [0.3, 0.4) is 0 Å². The summed E-state index contributed by atoms with van der Waals surface area (Å²) in [7, 11) is 0. The summed E-state index contributed by atoms with van der Waals surface area (Å²) < 4.78 is 25.8. The molecule has 0 aliphatic heterocycles. The molecule has 0 radical (unpaired) electrons. The molecule has 19 heavy (non-hydrogen) atoms. The van der Waals surface area contributed by atoms with Crippen LogP contribution < -0.4 is 0 Å². The van der Waals surface area contributed by atoms with Gasteiger partial charge in [-0.25, -0.2) is 14.2 Å². The van der Waals surface area contributed by atoms with Crippen molar-refractivity contribution in [2.24, 2.45) is 0 Å². The molecule has 0 saturated carbocycles. The van der Waals surface area contributed by atoms with Gasteiger partial charge >= 0.3 is 5.97 Å². The van der Waals surface area contributed by atoms with E-state index in [1.807, 2.05) is 0 Å². The highest BCUT2D eigenvalue weighted by Crippen LogP contribution is 2.17. The maximum atomic E-state index is 13.1. The predicted molar refractivity (Wildman–Crippen MR) is 65.1 cm³/mol. The largest absolute Gasteiger partial charge is 0.478 e. The summed E-state index contributed by atoms with van der Waals surface area (Å²) >= 11 is 0. The number of aromatic carboxylic acids is 1. The lowest BCUT2D eigenvalue weighted by Gasteiger charge is -2.07. The predicted octanol–water partition coefficient (Wildman–Crippen LogP) is 2.96. The van der Waals surface area contributed by atoms with Crippen molar-refractivity contribution in [2.45, 2.75) is 13.3 Å². The minimum absolute atomic E-state index is 0.157. The average Bonchev–Trinajstić information content (AvgIpc) is 2.36. The minimum atomic E-state index is -1.16. The van der Waals surface area contributed by atoms with Crippen molar-refractivity contribution in [3.8, 4) is 0 Å². The fraction of sp³-hybridized carbons (Fsp3) is 0.143. The second-order valence-electron chi connectivity index (χ2n) is 4.26. The van der Waals surface area contributed by atoms with Gasteiger partial charge in [-0.05, 0) is 36.6 Å². The first-order valence-electron chi connectivity index (χ1n) is 5.60. The summed E-state index contributed by atoms with van der Waals surface area (Å²) in [6.45, 7) is 1.79. The number of benzene rings is 1. The van der Waals surface area contributed by atoms with Crippen molar-refractivity contribution >= 4 is 5.97 Å². The Morgan fingerprint density at radius 3 is 2.68 bits per heavy atom. The molecule has 98 valence electrons. The van der Waals surface area contributed by atoms with Crippen LogP contribution in [0.1, 0.15) is 27.0 Å². The second-order valence-corrected chi connectivity index (χ2v) is 4.26. The number of hydrogen-bond acceptors (Lipinski definition) is 2. The Morgan fingerprint density at radius 2 is 2.05 bits per heavy atom. The van der Waals surface area contributed by atoms with Crippen molar-refractivity contribution in [1.29, 1.82) is 0 Å². The van der Waals surface area contributed by atoms with Gasteiger partial charge in [0, 0.05) is 6.20 Å². The standard InChI is InChI=1S/C14H11F2NO2/c1-8-2-3-10(11(4-8)14(18)19)5-9-6-12(15)13(16)17-7-9/h2-4,6-7H,5H2,1H3,(H,18,19). The third-order valence-corrected chi connectivity index (χ3v) is 2.74. The van der Waals surface area contributed by atoms with Crippen LogP contribution in [0.4, 0.5) is 8.78 Å². The molecular weight excluding hydrogens is 252 g/mol. The molecule has 1 aromatic heterocycles. The molecule has 1 N–H and O–H groups in total. The molecule has 0 aliphatic rings. The van der Waals surface area contributed by atoms with E-state index in [1.54, 1.807) is 25.1 Å². The monoisotopic (exact) mass is 263 g/mol. The first kappa shape index (κ1) is 13.1. The van der Waals surface area contributed by atoms with Gasteiger partial charge in [0.05, 0.1) is 5.56 Å². The van der Waals surface area contributed by atoms with E-state index in [-0.39, 0.29) is 12.0 Å².